The molecule has 0 aliphatic rings. The smallest absolute Gasteiger partial charge is 0.126 e. The van der Waals surface area contributed by atoms with E-state index in [9.17, 15) is 5.11 Å². The Balaban J connectivity index is 2.56. The number of methoxy groups -OCH3 is 1. The van der Waals surface area contributed by atoms with Crippen molar-refractivity contribution in [2.45, 2.75) is 13.8 Å². The van der Waals surface area contributed by atoms with E-state index in [2.05, 4.69) is 0 Å². The number of allylic oxidation sites excluding steroid dienone is 2. The van der Waals surface area contributed by atoms with E-state index in [0.717, 1.165) is 28.0 Å². The average molecular weight is 280 g/mol. The van der Waals surface area contributed by atoms with Crippen molar-refractivity contribution in [2.75, 3.05) is 7.11 Å². The van der Waals surface area contributed by atoms with Gasteiger partial charge in [-0.2, -0.15) is 0 Å². The van der Waals surface area contributed by atoms with Crippen molar-refractivity contribution in [3.63, 3.8) is 0 Å². The van der Waals surface area contributed by atoms with E-state index in [1.807, 2.05) is 68.5 Å². The lowest BCUT2D eigenvalue weighted by atomic mass is 9.99. The van der Waals surface area contributed by atoms with Gasteiger partial charge in [0.05, 0.1) is 7.11 Å². The minimum absolute atomic E-state index is 0.278. The maximum atomic E-state index is 10.1. The van der Waals surface area contributed by atoms with Crippen molar-refractivity contribution in [2.24, 2.45) is 0 Å². The Labute approximate surface area is 126 Å². The van der Waals surface area contributed by atoms with Crippen LogP contribution in [0.5, 0.6) is 11.5 Å². The minimum atomic E-state index is 0.278. The van der Waals surface area contributed by atoms with Crippen LogP contribution in [0.3, 0.4) is 0 Å². The second-order valence-electron chi connectivity index (χ2n) is 4.73. The zero-order chi connectivity index (χ0) is 15.2. The van der Waals surface area contributed by atoms with Crippen molar-refractivity contribution in [3.05, 3.63) is 59.7 Å². The zero-order valence-corrected chi connectivity index (χ0v) is 12.6. The number of phenols is 1. The topological polar surface area (TPSA) is 29.5 Å². The van der Waals surface area contributed by atoms with Crippen molar-refractivity contribution in [3.8, 4) is 22.6 Å². The molecule has 0 saturated carbocycles. The molecule has 21 heavy (non-hydrogen) atoms. The van der Waals surface area contributed by atoms with Crippen LogP contribution in [-0.4, -0.2) is 12.2 Å². The molecule has 0 aliphatic carbocycles. The summed E-state index contributed by atoms with van der Waals surface area (Å²) in [7, 11) is 1.66. The molecule has 2 aromatic rings. The van der Waals surface area contributed by atoms with Crippen molar-refractivity contribution < 1.29 is 9.84 Å². The molecule has 0 aliphatic heterocycles. The second-order valence-corrected chi connectivity index (χ2v) is 4.73. The first-order valence-electron chi connectivity index (χ1n) is 6.96. The highest BCUT2D eigenvalue weighted by Crippen LogP contribution is 2.33. The van der Waals surface area contributed by atoms with Gasteiger partial charge in [0, 0.05) is 11.1 Å². The Kier molecular flexibility index (Phi) is 4.83. The highest BCUT2D eigenvalue weighted by Gasteiger charge is 2.08. The molecule has 2 heteroatoms. The summed E-state index contributed by atoms with van der Waals surface area (Å²) in [6.45, 7) is 3.94. The molecule has 1 N–H and O–H groups in total. The molecule has 2 rings (SSSR count). The molecule has 0 aromatic heterocycles. The Hall–Kier alpha value is -2.48. The first-order chi connectivity index (χ1) is 10.2. The van der Waals surface area contributed by atoms with Gasteiger partial charge in [0.2, 0.25) is 0 Å². The van der Waals surface area contributed by atoms with Crippen molar-refractivity contribution in [1.29, 1.82) is 0 Å². The van der Waals surface area contributed by atoms with E-state index < -0.39 is 0 Å². The van der Waals surface area contributed by atoms with E-state index in [1.54, 1.807) is 13.2 Å². The van der Waals surface area contributed by atoms with Crippen LogP contribution in [0.1, 0.15) is 25.0 Å². The van der Waals surface area contributed by atoms with Gasteiger partial charge in [-0.05, 0) is 49.2 Å². The number of ether oxygens (including phenoxy) is 1. The maximum absolute atomic E-state index is 10.1. The number of rotatable bonds is 4. The van der Waals surface area contributed by atoms with Gasteiger partial charge in [-0.15, -0.1) is 0 Å². The molecule has 0 saturated heterocycles. The fourth-order valence-corrected chi connectivity index (χ4v) is 2.29. The lowest BCUT2D eigenvalue weighted by molar-refractivity contribution is 0.414. The Morgan fingerprint density at radius 3 is 2.38 bits per heavy atom. The quantitative estimate of drug-likeness (QED) is 0.840. The lowest BCUT2D eigenvalue weighted by Gasteiger charge is -2.10. The Morgan fingerprint density at radius 1 is 0.952 bits per heavy atom. The van der Waals surface area contributed by atoms with Gasteiger partial charge in [-0.1, -0.05) is 36.4 Å². The molecule has 2 nitrogen and oxygen atoms in total. The molecule has 0 spiro atoms. The third-order valence-electron chi connectivity index (χ3n) is 3.27. The second kappa shape index (κ2) is 6.80. The summed E-state index contributed by atoms with van der Waals surface area (Å²) in [4.78, 5) is 0. The molecule has 0 atom stereocenters. The van der Waals surface area contributed by atoms with Crippen molar-refractivity contribution >= 4 is 12.2 Å². The first kappa shape index (κ1) is 14.9. The summed E-state index contributed by atoms with van der Waals surface area (Å²) in [5.41, 5.74) is 3.84. The number of benzene rings is 2. The highest BCUT2D eigenvalue weighted by atomic mass is 16.5. The van der Waals surface area contributed by atoms with Crippen molar-refractivity contribution in [1.82, 2.24) is 0 Å². The summed E-state index contributed by atoms with van der Waals surface area (Å²) in [6, 6.07) is 11.5. The van der Waals surface area contributed by atoms with E-state index in [1.165, 1.54) is 0 Å². The van der Waals surface area contributed by atoms with E-state index in [0.29, 0.717) is 0 Å². The van der Waals surface area contributed by atoms with Crippen LogP contribution >= 0.6 is 0 Å². The fraction of sp³-hybridized carbons (Fsp3) is 0.158. The Morgan fingerprint density at radius 2 is 1.71 bits per heavy atom. The third kappa shape index (κ3) is 3.34. The SMILES string of the molecule is CC=Cc1ccc(O)c(-c2ccc(OC)c(C=CC)c2)c1. The average Bonchev–Trinajstić information content (AvgIpc) is 2.50. The van der Waals surface area contributed by atoms with Crippen LogP contribution in [0.2, 0.25) is 0 Å². The maximum Gasteiger partial charge on any atom is 0.126 e. The fourth-order valence-electron chi connectivity index (χ4n) is 2.29. The molecule has 0 heterocycles. The van der Waals surface area contributed by atoms with Crippen LogP contribution < -0.4 is 4.74 Å². The van der Waals surface area contributed by atoms with Crippen LogP contribution in [0, 0.1) is 0 Å². The van der Waals surface area contributed by atoms with Gasteiger partial charge >= 0.3 is 0 Å². The summed E-state index contributed by atoms with van der Waals surface area (Å²) >= 11 is 0. The van der Waals surface area contributed by atoms with Gasteiger partial charge in [0.25, 0.3) is 0 Å². The molecule has 0 bridgehead atoms. The van der Waals surface area contributed by atoms with Gasteiger partial charge in [0.1, 0.15) is 11.5 Å². The van der Waals surface area contributed by atoms with Crippen LogP contribution in [-0.2, 0) is 0 Å². The van der Waals surface area contributed by atoms with Gasteiger partial charge < -0.3 is 9.84 Å². The highest BCUT2D eigenvalue weighted by molar-refractivity contribution is 5.76. The monoisotopic (exact) mass is 280 g/mol. The molecular weight excluding hydrogens is 260 g/mol. The Bertz CT molecular complexity index is 682. The van der Waals surface area contributed by atoms with E-state index in [-0.39, 0.29) is 5.75 Å². The molecular formula is C19H20O2. The van der Waals surface area contributed by atoms with Crippen LogP contribution in [0.15, 0.2) is 48.6 Å². The molecule has 0 radical (unpaired) electrons. The molecule has 108 valence electrons. The summed E-state index contributed by atoms with van der Waals surface area (Å²) < 4.78 is 5.36. The minimum Gasteiger partial charge on any atom is -0.507 e. The predicted octanol–water partition coefficient (Wildman–Crippen LogP) is 5.13. The van der Waals surface area contributed by atoms with Crippen LogP contribution in [0.25, 0.3) is 23.3 Å². The third-order valence-corrected chi connectivity index (χ3v) is 3.27. The van der Waals surface area contributed by atoms with Gasteiger partial charge in [0.15, 0.2) is 0 Å². The largest absolute Gasteiger partial charge is 0.507 e. The summed E-state index contributed by atoms with van der Waals surface area (Å²) in [6.07, 6.45) is 7.96. The number of hydrogen-bond donors (Lipinski definition) is 1. The van der Waals surface area contributed by atoms with E-state index in [4.69, 9.17) is 4.74 Å². The number of phenolic OH excluding ortho intramolecular Hbond substituents is 1. The lowest BCUT2D eigenvalue weighted by Crippen LogP contribution is -1.89. The van der Waals surface area contributed by atoms with Crippen LogP contribution in [0.4, 0.5) is 0 Å². The molecule has 0 unspecified atom stereocenters. The number of hydrogen-bond acceptors (Lipinski definition) is 2. The molecule has 0 fully saturated rings. The molecule has 0 amide bonds. The standard InChI is InChI=1S/C19H20O2/c1-4-6-14-8-10-18(20)17(12-14)15-9-11-19(21-3)16(13-15)7-5-2/h4-13,20H,1-3H3. The van der Waals surface area contributed by atoms with Gasteiger partial charge in [-0.25, -0.2) is 0 Å². The predicted molar refractivity (Wildman–Crippen MR) is 89.5 cm³/mol. The molecule has 2 aromatic carbocycles. The van der Waals surface area contributed by atoms with E-state index >= 15 is 0 Å². The summed E-state index contributed by atoms with van der Waals surface area (Å²) in [5.74, 6) is 1.10. The number of aromatic hydroxyl groups is 1. The van der Waals surface area contributed by atoms with Gasteiger partial charge in [-0.3, -0.25) is 0 Å². The summed E-state index contributed by atoms with van der Waals surface area (Å²) in [5, 5.41) is 10.1. The first-order valence-corrected chi connectivity index (χ1v) is 6.96. The zero-order valence-electron chi connectivity index (χ0n) is 12.6. The normalized spacial score (nSPS) is 11.4.